The fourth-order valence-corrected chi connectivity index (χ4v) is 4.41. The number of halogens is 2. The number of nitrogens with two attached hydrogens (primary N) is 1. The van der Waals surface area contributed by atoms with Crippen molar-refractivity contribution in [3.05, 3.63) is 42.5 Å². The summed E-state index contributed by atoms with van der Waals surface area (Å²) in [5.74, 6) is -3.06. The second kappa shape index (κ2) is 8.30. The lowest BCUT2D eigenvalue weighted by Crippen LogP contribution is -2.59. The second-order valence-corrected chi connectivity index (χ2v) is 8.24. The molecule has 0 aliphatic heterocycles. The smallest absolute Gasteiger partial charge is 0.271 e. The summed E-state index contributed by atoms with van der Waals surface area (Å²) in [4.78, 5) is 24.0. The third-order valence-corrected chi connectivity index (χ3v) is 5.90. The number of fused-ring (bicyclic) bond motifs is 1. The molecule has 3 heterocycles. The zero-order valence-corrected chi connectivity index (χ0v) is 18.2. The van der Waals surface area contributed by atoms with Gasteiger partial charge in [0.2, 0.25) is 0 Å². The number of nitrogens with one attached hydrogen (secondary N) is 1. The topological polar surface area (TPSA) is 105 Å². The van der Waals surface area contributed by atoms with Crippen LogP contribution in [0.3, 0.4) is 0 Å². The number of rotatable bonds is 6. The van der Waals surface area contributed by atoms with Gasteiger partial charge in [-0.15, -0.1) is 0 Å². The van der Waals surface area contributed by atoms with Crippen LogP contribution in [0.1, 0.15) is 29.8 Å². The molecule has 1 fully saturated rings. The summed E-state index contributed by atoms with van der Waals surface area (Å²) < 4.78 is 31.1. The van der Waals surface area contributed by atoms with Gasteiger partial charge >= 0.3 is 0 Å². The van der Waals surface area contributed by atoms with Gasteiger partial charge in [-0.05, 0) is 39.1 Å². The van der Waals surface area contributed by atoms with Gasteiger partial charge in [0.05, 0.1) is 35.7 Å². The number of hydrogen-bond donors (Lipinski definition) is 2. The molecule has 1 aliphatic rings. The molecule has 0 radical (unpaired) electrons. The number of likely N-dealkylation sites (N-methyl/N-ethyl adjacent to an activating group) is 2. The van der Waals surface area contributed by atoms with Gasteiger partial charge in [0.15, 0.2) is 11.5 Å². The summed E-state index contributed by atoms with van der Waals surface area (Å²) in [5.41, 5.74) is 6.83. The Kier molecular flexibility index (Phi) is 5.68. The van der Waals surface area contributed by atoms with Crippen LogP contribution >= 0.6 is 0 Å². The highest BCUT2D eigenvalue weighted by atomic mass is 19.3. The number of nitrogens with zero attached hydrogens (tertiary/aromatic N) is 6. The van der Waals surface area contributed by atoms with E-state index in [-0.39, 0.29) is 17.9 Å². The molecule has 0 saturated heterocycles. The molecule has 32 heavy (non-hydrogen) atoms. The fourth-order valence-electron chi connectivity index (χ4n) is 4.41. The van der Waals surface area contributed by atoms with E-state index in [1.807, 2.05) is 18.2 Å². The monoisotopic (exact) mass is 444 g/mol. The molecule has 3 aromatic heterocycles. The Morgan fingerprint density at radius 1 is 1.28 bits per heavy atom. The van der Waals surface area contributed by atoms with Crippen molar-refractivity contribution in [2.75, 3.05) is 31.4 Å². The lowest BCUT2D eigenvalue weighted by Gasteiger charge is -2.45. The average molecular weight is 444 g/mol. The normalized spacial score (nSPS) is 20.4. The minimum Gasteiger partial charge on any atom is -0.364 e. The molecule has 1 amide bonds. The van der Waals surface area contributed by atoms with Gasteiger partial charge in [0, 0.05) is 19.7 Å². The zero-order valence-electron chi connectivity index (χ0n) is 18.2. The van der Waals surface area contributed by atoms with Crippen LogP contribution in [0.5, 0.6) is 0 Å². The molecule has 9 nitrogen and oxygen atoms in total. The molecular weight excluding hydrogens is 418 g/mol. The number of anilines is 3. The lowest BCUT2D eigenvalue weighted by molar-refractivity contribution is -0.102. The number of alkyl halides is 2. The number of aromatic nitrogens is 4. The van der Waals surface area contributed by atoms with Crippen molar-refractivity contribution >= 4 is 28.7 Å². The molecule has 0 spiro atoms. The minimum absolute atomic E-state index is 0.0458. The second-order valence-electron chi connectivity index (χ2n) is 8.24. The molecular formula is C21H26F2N8O. The van der Waals surface area contributed by atoms with E-state index in [2.05, 4.69) is 20.4 Å². The lowest BCUT2D eigenvalue weighted by atomic mass is 9.85. The average Bonchev–Trinajstić information content (AvgIpc) is 3.14. The molecule has 170 valence electrons. The maximum atomic E-state index is 14.7. The van der Waals surface area contributed by atoms with Gasteiger partial charge in [0.25, 0.3) is 11.8 Å². The Bertz CT molecular complexity index is 1130. The molecule has 2 unspecified atom stereocenters. The van der Waals surface area contributed by atoms with Crippen LogP contribution in [0.2, 0.25) is 0 Å². The highest BCUT2D eigenvalue weighted by Crippen LogP contribution is 2.39. The molecule has 3 N–H and O–H groups in total. The Balaban J connectivity index is 1.70. The van der Waals surface area contributed by atoms with Crippen LogP contribution < -0.4 is 16.0 Å². The van der Waals surface area contributed by atoms with Gasteiger partial charge < -0.3 is 16.0 Å². The van der Waals surface area contributed by atoms with Crippen molar-refractivity contribution in [2.45, 2.75) is 37.3 Å². The van der Waals surface area contributed by atoms with E-state index in [0.29, 0.717) is 24.3 Å². The number of pyridine rings is 1. The first kappa shape index (κ1) is 21.9. The predicted octanol–water partition coefficient (Wildman–Crippen LogP) is 2.52. The number of primary amides is 1. The first-order valence-electron chi connectivity index (χ1n) is 10.3. The van der Waals surface area contributed by atoms with Gasteiger partial charge in [-0.25, -0.2) is 23.3 Å². The van der Waals surface area contributed by atoms with E-state index in [1.54, 1.807) is 47.9 Å². The van der Waals surface area contributed by atoms with E-state index >= 15 is 0 Å². The van der Waals surface area contributed by atoms with Gasteiger partial charge in [-0.1, -0.05) is 6.07 Å². The quantitative estimate of drug-likeness (QED) is 0.602. The minimum atomic E-state index is -2.82. The molecule has 3 aromatic rings. The SMILES string of the molecule is CN(C)C1C(N(C)c2cnc(C(N)=O)c(Nc3cnn4ccccc34)n2)CCCC1(F)F. The summed E-state index contributed by atoms with van der Waals surface area (Å²) in [6.45, 7) is 0. The fraction of sp³-hybridized carbons (Fsp3) is 0.429. The first-order valence-corrected chi connectivity index (χ1v) is 10.3. The summed E-state index contributed by atoms with van der Waals surface area (Å²) in [7, 11) is 5.03. The molecule has 0 bridgehead atoms. The standard InChI is InChI=1S/C21H26F2N8O/c1-29(2)18-15(8-6-9-21(18,22)23)30(3)16-12-25-17(19(24)32)20(28-16)27-13-11-26-31-10-5-4-7-14(13)31/h4-5,7,10-12,15,18H,6,8-9H2,1-3H3,(H2,24,32)(H,27,28). The number of carbonyl (C=O) groups is 1. The molecule has 1 saturated carbocycles. The predicted molar refractivity (Wildman–Crippen MR) is 117 cm³/mol. The summed E-state index contributed by atoms with van der Waals surface area (Å²) in [6.07, 6.45) is 5.63. The Labute approximate surface area is 184 Å². The van der Waals surface area contributed by atoms with E-state index < -0.39 is 23.9 Å². The van der Waals surface area contributed by atoms with Crippen LogP contribution in [-0.4, -0.2) is 69.5 Å². The zero-order chi connectivity index (χ0) is 23.0. The molecule has 1 aliphatic carbocycles. The van der Waals surface area contributed by atoms with Crippen LogP contribution in [-0.2, 0) is 0 Å². The van der Waals surface area contributed by atoms with Crippen LogP contribution in [0.4, 0.5) is 26.1 Å². The third-order valence-electron chi connectivity index (χ3n) is 5.90. The highest BCUT2D eigenvalue weighted by Gasteiger charge is 2.49. The van der Waals surface area contributed by atoms with E-state index in [4.69, 9.17) is 5.73 Å². The van der Waals surface area contributed by atoms with Crippen molar-refractivity contribution in [1.29, 1.82) is 0 Å². The van der Waals surface area contributed by atoms with E-state index in [9.17, 15) is 13.6 Å². The van der Waals surface area contributed by atoms with Gasteiger partial charge in [0.1, 0.15) is 5.82 Å². The number of carbonyl (C=O) groups excluding carboxylic acids is 1. The van der Waals surface area contributed by atoms with Gasteiger partial charge in [-0.2, -0.15) is 5.10 Å². The Morgan fingerprint density at radius 3 is 2.78 bits per heavy atom. The van der Waals surface area contributed by atoms with Crippen molar-refractivity contribution < 1.29 is 13.6 Å². The molecule has 11 heteroatoms. The highest BCUT2D eigenvalue weighted by molar-refractivity contribution is 5.97. The number of amides is 1. The molecule has 4 rings (SSSR count). The van der Waals surface area contributed by atoms with Crippen LogP contribution in [0, 0.1) is 0 Å². The Hall–Kier alpha value is -3.34. The van der Waals surface area contributed by atoms with Crippen molar-refractivity contribution in [1.82, 2.24) is 24.5 Å². The van der Waals surface area contributed by atoms with Crippen LogP contribution in [0.15, 0.2) is 36.8 Å². The van der Waals surface area contributed by atoms with Crippen molar-refractivity contribution in [3.63, 3.8) is 0 Å². The number of hydrogen-bond acceptors (Lipinski definition) is 7. The van der Waals surface area contributed by atoms with Crippen molar-refractivity contribution in [3.8, 4) is 0 Å². The van der Waals surface area contributed by atoms with Crippen LogP contribution in [0.25, 0.3) is 5.52 Å². The van der Waals surface area contributed by atoms with Gasteiger partial charge in [-0.3, -0.25) is 9.69 Å². The Morgan fingerprint density at radius 2 is 2.06 bits per heavy atom. The van der Waals surface area contributed by atoms with E-state index in [0.717, 1.165) is 5.52 Å². The molecule has 0 aromatic carbocycles. The summed E-state index contributed by atoms with van der Waals surface area (Å²) >= 11 is 0. The third kappa shape index (κ3) is 3.95. The summed E-state index contributed by atoms with van der Waals surface area (Å²) in [5, 5.41) is 7.34. The molecule has 2 atom stereocenters. The maximum Gasteiger partial charge on any atom is 0.271 e. The summed E-state index contributed by atoms with van der Waals surface area (Å²) in [6, 6.07) is 4.10. The van der Waals surface area contributed by atoms with Crippen molar-refractivity contribution in [2.24, 2.45) is 5.73 Å². The van der Waals surface area contributed by atoms with E-state index in [1.165, 1.54) is 6.20 Å². The largest absolute Gasteiger partial charge is 0.364 e. The maximum absolute atomic E-state index is 14.7. The first-order chi connectivity index (χ1) is 15.2.